The van der Waals surface area contributed by atoms with E-state index < -0.39 is 0 Å². The van der Waals surface area contributed by atoms with E-state index in [0.29, 0.717) is 16.7 Å². The van der Waals surface area contributed by atoms with E-state index in [1.54, 1.807) is 7.11 Å². The third kappa shape index (κ3) is 2.40. The molecule has 3 rings (SSSR count). The predicted molar refractivity (Wildman–Crippen MR) is 81.8 cm³/mol. The number of anilines is 1. The molecule has 0 radical (unpaired) electrons. The van der Waals surface area contributed by atoms with Crippen molar-refractivity contribution in [2.24, 2.45) is 0 Å². The number of fused-ring (bicyclic) bond motifs is 1. The number of aryl methyl sites for hydroxylation is 1. The van der Waals surface area contributed by atoms with Crippen LogP contribution in [-0.4, -0.2) is 12.1 Å². The molecule has 0 unspecified atom stereocenters. The monoisotopic (exact) mass is 286 g/mol. The number of nitrogens with zero attached hydrogens (tertiary/aromatic N) is 1. The van der Waals surface area contributed by atoms with E-state index in [2.05, 4.69) is 4.98 Å². The van der Waals surface area contributed by atoms with Crippen molar-refractivity contribution in [2.45, 2.75) is 6.92 Å². The molecule has 0 saturated heterocycles. The molecule has 4 nitrogen and oxygen atoms in total. The number of hydrogen-bond donors (Lipinski definition) is 1. The highest BCUT2D eigenvalue weighted by atomic mass is 32.1. The van der Waals surface area contributed by atoms with E-state index in [-0.39, 0.29) is 0 Å². The van der Waals surface area contributed by atoms with Gasteiger partial charge in [-0.3, -0.25) is 0 Å². The summed E-state index contributed by atoms with van der Waals surface area (Å²) in [6, 6.07) is 11.4. The Bertz CT molecular complexity index is 768. The van der Waals surface area contributed by atoms with Gasteiger partial charge in [-0.15, -0.1) is 0 Å². The summed E-state index contributed by atoms with van der Waals surface area (Å²) in [5.74, 6) is 1.36. The molecular formula is C15H14N2O2S. The Morgan fingerprint density at radius 3 is 2.75 bits per heavy atom. The molecule has 1 aromatic heterocycles. The molecule has 0 atom stereocenters. The summed E-state index contributed by atoms with van der Waals surface area (Å²) in [6.45, 7) is 2.01. The average Bonchev–Trinajstić information content (AvgIpc) is 2.82. The maximum atomic E-state index is 5.82. The van der Waals surface area contributed by atoms with Crippen LogP contribution in [0.3, 0.4) is 0 Å². The van der Waals surface area contributed by atoms with Gasteiger partial charge in [-0.1, -0.05) is 17.4 Å². The van der Waals surface area contributed by atoms with Crippen LogP contribution >= 0.6 is 11.3 Å². The first kappa shape index (κ1) is 12.7. The van der Waals surface area contributed by atoms with Gasteiger partial charge in [0.15, 0.2) is 11.5 Å². The van der Waals surface area contributed by atoms with Crippen LogP contribution in [0.1, 0.15) is 5.56 Å². The molecule has 0 amide bonds. The summed E-state index contributed by atoms with van der Waals surface area (Å²) >= 11 is 1.46. The molecule has 0 saturated carbocycles. The molecule has 3 aromatic rings. The minimum Gasteiger partial charge on any atom is -0.493 e. The van der Waals surface area contributed by atoms with Crippen LogP contribution in [0.5, 0.6) is 16.7 Å². The third-order valence-electron chi connectivity index (χ3n) is 2.91. The number of thiazole rings is 1. The summed E-state index contributed by atoms with van der Waals surface area (Å²) < 4.78 is 12.2. The minimum absolute atomic E-state index is 0.577. The van der Waals surface area contributed by atoms with Crippen LogP contribution in [0.15, 0.2) is 36.4 Å². The Morgan fingerprint density at radius 2 is 1.95 bits per heavy atom. The van der Waals surface area contributed by atoms with Crippen molar-refractivity contribution < 1.29 is 9.47 Å². The minimum atomic E-state index is 0.577. The topological polar surface area (TPSA) is 57.4 Å². The van der Waals surface area contributed by atoms with Crippen molar-refractivity contribution in [2.75, 3.05) is 12.8 Å². The van der Waals surface area contributed by atoms with Crippen LogP contribution in [0.4, 0.5) is 5.69 Å². The zero-order chi connectivity index (χ0) is 14.1. The Labute approximate surface area is 120 Å². The van der Waals surface area contributed by atoms with Crippen molar-refractivity contribution in [1.29, 1.82) is 0 Å². The van der Waals surface area contributed by atoms with Crippen LogP contribution in [0.25, 0.3) is 10.2 Å². The number of benzene rings is 2. The van der Waals surface area contributed by atoms with Crippen molar-refractivity contribution >= 4 is 27.2 Å². The Kier molecular flexibility index (Phi) is 3.20. The molecule has 0 fully saturated rings. The molecular weight excluding hydrogens is 272 g/mol. The van der Waals surface area contributed by atoms with Gasteiger partial charge in [0.05, 0.1) is 17.3 Å². The molecule has 1 heterocycles. The molecule has 20 heavy (non-hydrogen) atoms. The van der Waals surface area contributed by atoms with E-state index in [0.717, 1.165) is 21.5 Å². The summed E-state index contributed by atoms with van der Waals surface area (Å²) in [5, 5.41) is 0.577. The molecule has 0 spiro atoms. The molecule has 2 aromatic carbocycles. The second-order valence-electron chi connectivity index (χ2n) is 4.46. The lowest BCUT2D eigenvalue weighted by molar-refractivity contribution is 0.378. The highest BCUT2D eigenvalue weighted by molar-refractivity contribution is 7.20. The number of methoxy groups -OCH3 is 1. The van der Waals surface area contributed by atoms with Crippen LogP contribution in [0, 0.1) is 6.92 Å². The number of nitrogen functional groups attached to an aromatic ring is 1. The molecule has 2 N–H and O–H groups in total. The quantitative estimate of drug-likeness (QED) is 0.740. The fraction of sp³-hybridized carbons (Fsp3) is 0.133. The number of rotatable bonds is 3. The normalized spacial score (nSPS) is 10.7. The largest absolute Gasteiger partial charge is 0.493 e. The molecule has 102 valence electrons. The first-order chi connectivity index (χ1) is 9.65. The van der Waals surface area contributed by atoms with E-state index in [1.807, 2.05) is 43.3 Å². The van der Waals surface area contributed by atoms with Crippen molar-refractivity contribution in [3.05, 3.63) is 42.0 Å². The Morgan fingerprint density at radius 1 is 1.10 bits per heavy atom. The Hall–Kier alpha value is -2.27. The lowest BCUT2D eigenvalue weighted by Crippen LogP contribution is -1.90. The van der Waals surface area contributed by atoms with Crippen molar-refractivity contribution in [3.8, 4) is 16.7 Å². The number of nitrogens with two attached hydrogens (primary N) is 1. The third-order valence-corrected chi connectivity index (χ3v) is 3.81. The van der Waals surface area contributed by atoms with Crippen LogP contribution < -0.4 is 15.2 Å². The van der Waals surface area contributed by atoms with Crippen molar-refractivity contribution in [3.63, 3.8) is 0 Å². The number of ether oxygens (including phenoxy) is 2. The fourth-order valence-corrected chi connectivity index (χ4v) is 2.79. The van der Waals surface area contributed by atoms with Gasteiger partial charge < -0.3 is 15.2 Å². The SMILES string of the molecule is COc1cc(C)ccc1Oc1nc2ccc(N)cc2s1. The van der Waals surface area contributed by atoms with Crippen molar-refractivity contribution in [1.82, 2.24) is 4.98 Å². The molecule has 0 bridgehead atoms. The molecule has 0 aliphatic carbocycles. The lowest BCUT2D eigenvalue weighted by atomic mass is 10.2. The first-order valence-electron chi connectivity index (χ1n) is 6.14. The lowest BCUT2D eigenvalue weighted by Gasteiger charge is -2.08. The zero-order valence-electron chi connectivity index (χ0n) is 11.2. The van der Waals surface area contributed by atoms with E-state index >= 15 is 0 Å². The molecule has 0 aliphatic heterocycles. The number of hydrogen-bond acceptors (Lipinski definition) is 5. The standard InChI is InChI=1S/C15H14N2O2S/c1-9-3-6-12(13(7-9)18-2)19-15-17-11-5-4-10(16)8-14(11)20-15/h3-8H,16H2,1-2H3. The van der Waals surface area contributed by atoms with Crippen LogP contribution in [0.2, 0.25) is 0 Å². The summed E-state index contributed by atoms with van der Waals surface area (Å²) in [7, 11) is 1.63. The first-order valence-corrected chi connectivity index (χ1v) is 6.96. The fourth-order valence-electron chi connectivity index (χ4n) is 1.92. The smallest absolute Gasteiger partial charge is 0.279 e. The van der Waals surface area contributed by atoms with Gasteiger partial charge in [0.2, 0.25) is 0 Å². The summed E-state index contributed by atoms with van der Waals surface area (Å²) in [5.41, 5.74) is 8.49. The summed E-state index contributed by atoms with van der Waals surface area (Å²) in [4.78, 5) is 4.43. The second kappa shape index (κ2) is 5.02. The van der Waals surface area contributed by atoms with Crippen LogP contribution in [-0.2, 0) is 0 Å². The van der Waals surface area contributed by atoms with Gasteiger partial charge >= 0.3 is 0 Å². The van der Waals surface area contributed by atoms with Gasteiger partial charge in [0.25, 0.3) is 5.19 Å². The van der Waals surface area contributed by atoms with E-state index in [1.165, 1.54) is 11.3 Å². The highest BCUT2D eigenvalue weighted by Crippen LogP contribution is 2.36. The maximum Gasteiger partial charge on any atom is 0.279 e. The molecule has 5 heteroatoms. The summed E-state index contributed by atoms with van der Waals surface area (Å²) in [6.07, 6.45) is 0. The molecule has 0 aliphatic rings. The average molecular weight is 286 g/mol. The van der Waals surface area contributed by atoms with Gasteiger partial charge in [0, 0.05) is 5.69 Å². The van der Waals surface area contributed by atoms with E-state index in [4.69, 9.17) is 15.2 Å². The van der Waals surface area contributed by atoms with Gasteiger partial charge in [-0.05, 0) is 42.8 Å². The number of aromatic nitrogens is 1. The zero-order valence-corrected chi connectivity index (χ0v) is 12.0. The second-order valence-corrected chi connectivity index (χ2v) is 5.46. The Balaban J connectivity index is 1.96. The van der Waals surface area contributed by atoms with E-state index in [9.17, 15) is 0 Å². The van der Waals surface area contributed by atoms with Gasteiger partial charge in [-0.2, -0.15) is 0 Å². The van der Waals surface area contributed by atoms with Gasteiger partial charge in [0.1, 0.15) is 0 Å². The predicted octanol–water partition coefficient (Wildman–Crippen LogP) is 3.99. The van der Waals surface area contributed by atoms with Gasteiger partial charge in [-0.25, -0.2) is 4.98 Å². The highest BCUT2D eigenvalue weighted by Gasteiger charge is 2.10. The maximum absolute atomic E-state index is 5.82.